The van der Waals surface area contributed by atoms with Crippen LogP contribution < -0.4 is 14.8 Å². The second-order valence-electron chi connectivity index (χ2n) is 5.84. The predicted octanol–water partition coefficient (Wildman–Crippen LogP) is 3.86. The summed E-state index contributed by atoms with van der Waals surface area (Å²) in [7, 11) is 1.66. The molecule has 0 aliphatic heterocycles. The maximum absolute atomic E-state index is 5.82. The minimum Gasteiger partial charge on any atom is -0.497 e. The molecule has 0 bridgehead atoms. The van der Waals surface area contributed by atoms with Crippen LogP contribution in [0.3, 0.4) is 0 Å². The van der Waals surface area contributed by atoms with Crippen molar-refractivity contribution in [2.45, 2.75) is 33.2 Å². The van der Waals surface area contributed by atoms with Crippen LogP contribution in [-0.2, 0) is 0 Å². The summed E-state index contributed by atoms with van der Waals surface area (Å²) in [5.74, 6) is 2.12. The van der Waals surface area contributed by atoms with Gasteiger partial charge in [-0.1, -0.05) is 6.92 Å². The molecular weight excluding hydrogens is 306 g/mol. The first-order valence-corrected chi connectivity index (χ1v) is 7.32. The van der Waals surface area contributed by atoms with Crippen molar-refractivity contribution in [3.05, 3.63) is 22.7 Å². The van der Waals surface area contributed by atoms with E-state index in [4.69, 9.17) is 9.47 Å². The standard InChI is InChI=1S/C15H24BrNO2/c1-11(9-17-15(2,3)4)10-19-14-7-6-12(18-5)8-13(14)16/h6-8,11,17H,9-10H2,1-5H3. The Morgan fingerprint density at radius 2 is 2.00 bits per heavy atom. The van der Waals surface area contributed by atoms with Crippen LogP contribution in [0.25, 0.3) is 0 Å². The molecule has 0 radical (unpaired) electrons. The fourth-order valence-corrected chi connectivity index (χ4v) is 1.97. The van der Waals surface area contributed by atoms with Crippen molar-refractivity contribution < 1.29 is 9.47 Å². The maximum Gasteiger partial charge on any atom is 0.133 e. The van der Waals surface area contributed by atoms with E-state index in [1.807, 2.05) is 18.2 Å². The fourth-order valence-electron chi connectivity index (χ4n) is 1.50. The van der Waals surface area contributed by atoms with E-state index in [9.17, 15) is 0 Å². The molecule has 1 unspecified atom stereocenters. The number of ether oxygens (including phenoxy) is 2. The van der Waals surface area contributed by atoms with Crippen molar-refractivity contribution in [2.24, 2.45) is 5.92 Å². The van der Waals surface area contributed by atoms with Gasteiger partial charge >= 0.3 is 0 Å². The second-order valence-corrected chi connectivity index (χ2v) is 6.70. The number of rotatable bonds is 6. The minimum absolute atomic E-state index is 0.148. The lowest BCUT2D eigenvalue weighted by Gasteiger charge is -2.23. The molecule has 1 rings (SSSR count). The van der Waals surface area contributed by atoms with E-state index in [1.54, 1.807) is 7.11 Å². The van der Waals surface area contributed by atoms with E-state index >= 15 is 0 Å². The summed E-state index contributed by atoms with van der Waals surface area (Å²) in [4.78, 5) is 0. The maximum atomic E-state index is 5.82. The van der Waals surface area contributed by atoms with Gasteiger partial charge < -0.3 is 14.8 Å². The van der Waals surface area contributed by atoms with Crippen molar-refractivity contribution >= 4 is 15.9 Å². The lowest BCUT2D eigenvalue weighted by Crippen LogP contribution is -2.39. The molecule has 1 aromatic rings. The zero-order chi connectivity index (χ0) is 14.5. The van der Waals surface area contributed by atoms with Crippen LogP contribution in [0.4, 0.5) is 0 Å². The second kappa shape index (κ2) is 7.15. The quantitative estimate of drug-likeness (QED) is 0.859. The fraction of sp³-hybridized carbons (Fsp3) is 0.600. The molecule has 0 spiro atoms. The van der Waals surface area contributed by atoms with Crippen LogP contribution in [0.15, 0.2) is 22.7 Å². The predicted molar refractivity (Wildman–Crippen MR) is 83.1 cm³/mol. The summed E-state index contributed by atoms with van der Waals surface area (Å²) in [6.45, 7) is 10.3. The Labute approximate surface area is 124 Å². The number of hydrogen-bond donors (Lipinski definition) is 1. The molecule has 19 heavy (non-hydrogen) atoms. The molecular formula is C15H24BrNO2. The van der Waals surface area contributed by atoms with Gasteiger partial charge in [0.15, 0.2) is 0 Å². The Hall–Kier alpha value is -0.740. The van der Waals surface area contributed by atoms with Crippen molar-refractivity contribution in [1.82, 2.24) is 5.32 Å². The van der Waals surface area contributed by atoms with Crippen molar-refractivity contribution in [2.75, 3.05) is 20.3 Å². The van der Waals surface area contributed by atoms with Gasteiger partial charge in [-0.25, -0.2) is 0 Å². The van der Waals surface area contributed by atoms with E-state index in [0.717, 1.165) is 22.5 Å². The van der Waals surface area contributed by atoms with E-state index in [1.165, 1.54) is 0 Å². The van der Waals surface area contributed by atoms with Gasteiger partial charge in [0, 0.05) is 18.0 Å². The summed E-state index contributed by atoms with van der Waals surface area (Å²) in [6, 6.07) is 5.73. The molecule has 0 amide bonds. The van der Waals surface area contributed by atoms with Gasteiger partial charge in [0.05, 0.1) is 18.2 Å². The normalized spacial score (nSPS) is 13.2. The highest BCUT2D eigenvalue weighted by Crippen LogP contribution is 2.29. The van der Waals surface area contributed by atoms with E-state index in [2.05, 4.69) is 48.9 Å². The summed E-state index contributed by atoms with van der Waals surface area (Å²) in [5, 5.41) is 3.48. The molecule has 0 aromatic heterocycles. The van der Waals surface area contributed by atoms with Gasteiger partial charge in [-0.15, -0.1) is 0 Å². The zero-order valence-electron chi connectivity index (χ0n) is 12.4. The molecule has 4 heteroatoms. The average Bonchev–Trinajstić information content (AvgIpc) is 2.34. The van der Waals surface area contributed by atoms with Gasteiger partial charge in [0.25, 0.3) is 0 Å². The highest BCUT2D eigenvalue weighted by molar-refractivity contribution is 9.10. The van der Waals surface area contributed by atoms with Crippen molar-refractivity contribution in [3.63, 3.8) is 0 Å². The van der Waals surface area contributed by atoms with Crippen LogP contribution in [-0.4, -0.2) is 25.8 Å². The number of halogens is 1. The molecule has 0 saturated carbocycles. The van der Waals surface area contributed by atoms with Crippen LogP contribution >= 0.6 is 15.9 Å². The van der Waals surface area contributed by atoms with Gasteiger partial charge in [0.2, 0.25) is 0 Å². The Kier molecular flexibility index (Phi) is 6.14. The highest BCUT2D eigenvalue weighted by Gasteiger charge is 2.12. The van der Waals surface area contributed by atoms with Crippen LogP contribution in [0.5, 0.6) is 11.5 Å². The lowest BCUT2D eigenvalue weighted by atomic mass is 10.1. The van der Waals surface area contributed by atoms with Crippen LogP contribution in [0, 0.1) is 5.92 Å². The molecule has 0 aliphatic rings. The Morgan fingerprint density at radius 1 is 1.32 bits per heavy atom. The topological polar surface area (TPSA) is 30.5 Å². The first-order valence-electron chi connectivity index (χ1n) is 6.53. The summed E-state index contributed by atoms with van der Waals surface area (Å²) in [6.07, 6.45) is 0. The SMILES string of the molecule is COc1ccc(OCC(C)CNC(C)(C)C)c(Br)c1. The van der Waals surface area contributed by atoms with E-state index in [0.29, 0.717) is 12.5 Å². The molecule has 0 fully saturated rings. The van der Waals surface area contributed by atoms with Crippen molar-refractivity contribution in [1.29, 1.82) is 0 Å². The summed E-state index contributed by atoms with van der Waals surface area (Å²) in [5.41, 5.74) is 0.148. The minimum atomic E-state index is 0.148. The smallest absolute Gasteiger partial charge is 0.133 e. The summed E-state index contributed by atoms with van der Waals surface area (Å²) < 4.78 is 11.9. The first kappa shape index (κ1) is 16.3. The Morgan fingerprint density at radius 3 is 2.53 bits per heavy atom. The largest absolute Gasteiger partial charge is 0.497 e. The molecule has 3 nitrogen and oxygen atoms in total. The highest BCUT2D eigenvalue weighted by atomic mass is 79.9. The third-order valence-corrected chi connectivity index (χ3v) is 3.26. The molecule has 0 saturated heterocycles. The third kappa shape index (κ3) is 6.30. The summed E-state index contributed by atoms with van der Waals surface area (Å²) >= 11 is 3.49. The van der Waals surface area contributed by atoms with Crippen molar-refractivity contribution in [3.8, 4) is 11.5 Å². The first-order chi connectivity index (χ1) is 8.81. The average molecular weight is 330 g/mol. The van der Waals surface area contributed by atoms with Crippen LogP contribution in [0.1, 0.15) is 27.7 Å². The third-order valence-electron chi connectivity index (χ3n) is 2.64. The molecule has 1 N–H and O–H groups in total. The number of methoxy groups -OCH3 is 1. The molecule has 0 heterocycles. The zero-order valence-corrected chi connectivity index (χ0v) is 14.0. The molecule has 1 aromatic carbocycles. The van der Waals surface area contributed by atoms with Gasteiger partial charge in [0.1, 0.15) is 11.5 Å². The van der Waals surface area contributed by atoms with Gasteiger partial charge in [-0.2, -0.15) is 0 Å². The number of hydrogen-bond acceptors (Lipinski definition) is 3. The number of benzene rings is 1. The monoisotopic (exact) mass is 329 g/mol. The van der Waals surface area contributed by atoms with Gasteiger partial charge in [-0.05, 0) is 54.9 Å². The molecule has 0 aliphatic carbocycles. The Balaban J connectivity index is 2.44. The Bertz CT molecular complexity index is 402. The molecule has 1 atom stereocenters. The van der Waals surface area contributed by atoms with E-state index in [-0.39, 0.29) is 5.54 Å². The van der Waals surface area contributed by atoms with E-state index < -0.39 is 0 Å². The lowest BCUT2D eigenvalue weighted by molar-refractivity contribution is 0.243. The van der Waals surface area contributed by atoms with Gasteiger partial charge in [-0.3, -0.25) is 0 Å². The van der Waals surface area contributed by atoms with Crippen LogP contribution in [0.2, 0.25) is 0 Å². The molecule has 108 valence electrons. The number of nitrogens with one attached hydrogen (secondary N) is 1.